The molecule has 0 aliphatic carbocycles. The number of ether oxygens (including phenoxy) is 1. The van der Waals surface area contributed by atoms with Crippen LogP contribution in [0.4, 0.5) is 5.69 Å². The highest BCUT2D eigenvalue weighted by atomic mass is 32.1. The molecule has 1 saturated heterocycles. The second kappa shape index (κ2) is 7.12. The standard InChI is InChI=1S/C21H20N2O3S/c1-3-26-21(25)15-11-19(24)23(12-15)17-10-14(9-8-13(17)2)20-22-16-6-4-5-7-18(16)27-20/h4-10,15H,3,11-12H2,1-2H3/t15-/m0/s1. The van der Waals surface area contributed by atoms with Crippen LogP contribution in [0, 0.1) is 12.8 Å². The van der Waals surface area contributed by atoms with E-state index in [1.165, 1.54) is 0 Å². The van der Waals surface area contributed by atoms with Crippen molar-refractivity contribution in [1.82, 2.24) is 4.98 Å². The van der Waals surface area contributed by atoms with Crippen LogP contribution in [0.3, 0.4) is 0 Å². The minimum Gasteiger partial charge on any atom is -0.466 e. The number of amides is 1. The third-order valence-corrected chi connectivity index (χ3v) is 5.87. The number of hydrogen-bond acceptors (Lipinski definition) is 5. The van der Waals surface area contributed by atoms with Crippen LogP contribution >= 0.6 is 11.3 Å². The lowest BCUT2D eigenvalue weighted by Gasteiger charge is -2.19. The molecule has 6 heteroatoms. The number of aromatic nitrogens is 1. The zero-order valence-corrected chi connectivity index (χ0v) is 16.1. The Morgan fingerprint density at radius 2 is 2.11 bits per heavy atom. The van der Waals surface area contributed by atoms with E-state index < -0.39 is 5.92 Å². The molecule has 4 rings (SSSR count). The van der Waals surface area contributed by atoms with Gasteiger partial charge in [-0.25, -0.2) is 4.98 Å². The van der Waals surface area contributed by atoms with Crippen molar-refractivity contribution in [3.8, 4) is 10.6 Å². The Balaban J connectivity index is 1.66. The largest absolute Gasteiger partial charge is 0.466 e. The van der Waals surface area contributed by atoms with Crippen LogP contribution in [0.25, 0.3) is 20.8 Å². The van der Waals surface area contributed by atoms with E-state index in [9.17, 15) is 9.59 Å². The maximum Gasteiger partial charge on any atom is 0.311 e. The fraction of sp³-hybridized carbons (Fsp3) is 0.286. The third kappa shape index (κ3) is 3.32. The summed E-state index contributed by atoms with van der Waals surface area (Å²) in [7, 11) is 0. The number of carbonyl (C=O) groups is 2. The number of nitrogens with zero attached hydrogens (tertiary/aromatic N) is 2. The van der Waals surface area contributed by atoms with Gasteiger partial charge in [-0.1, -0.05) is 24.3 Å². The van der Waals surface area contributed by atoms with Crippen molar-refractivity contribution in [2.75, 3.05) is 18.1 Å². The van der Waals surface area contributed by atoms with Gasteiger partial charge in [-0.2, -0.15) is 0 Å². The lowest BCUT2D eigenvalue weighted by atomic mass is 10.1. The Morgan fingerprint density at radius 1 is 1.30 bits per heavy atom. The molecule has 3 aromatic rings. The highest BCUT2D eigenvalue weighted by Gasteiger charge is 2.36. The number of esters is 1. The second-order valence-corrected chi connectivity index (χ2v) is 7.68. The summed E-state index contributed by atoms with van der Waals surface area (Å²) < 4.78 is 6.22. The van der Waals surface area contributed by atoms with Crippen molar-refractivity contribution in [1.29, 1.82) is 0 Å². The van der Waals surface area contributed by atoms with Crippen molar-refractivity contribution < 1.29 is 14.3 Å². The van der Waals surface area contributed by atoms with Gasteiger partial charge in [-0.3, -0.25) is 9.59 Å². The first-order chi connectivity index (χ1) is 13.1. The first kappa shape index (κ1) is 17.7. The smallest absolute Gasteiger partial charge is 0.311 e. The highest BCUT2D eigenvalue weighted by molar-refractivity contribution is 7.21. The summed E-state index contributed by atoms with van der Waals surface area (Å²) in [5, 5.41) is 0.922. The van der Waals surface area contributed by atoms with Crippen molar-refractivity contribution >= 4 is 39.1 Å². The number of aryl methyl sites for hydroxylation is 1. The van der Waals surface area contributed by atoms with E-state index in [1.54, 1.807) is 23.2 Å². The molecule has 0 spiro atoms. The van der Waals surface area contributed by atoms with E-state index >= 15 is 0 Å². The molecule has 138 valence electrons. The molecule has 0 N–H and O–H groups in total. The van der Waals surface area contributed by atoms with Gasteiger partial charge < -0.3 is 9.64 Å². The Kier molecular flexibility index (Phi) is 4.66. The van der Waals surface area contributed by atoms with Gasteiger partial charge in [-0.15, -0.1) is 11.3 Å². The summed E-state index contributed by atoms with van der Waals surface area (Å²) in [6.45, 7) is 4.44. The summed E-state index contributed by atoms with van der Waals surface area (Å²) in [5.74, 6) is -0.742. The fourth-order valence-corrected chi connectivity index (χ4v) is 4.35. The van der Waals surface area contributed by atoms with Crippen molar-refractivity contribution in [2.24, 2.45) is 5.92 Å². The molecule has 0 unspecified atom stereocenters. The number of thiazole rings is 1. The Morgan fingerprint density at radius 3 is 2.89 bits per heavy atom. The number of benzene rings is 2. The highest BCUT2D eigenvalue weighted by Crippen LogP contribution is 2.35. The predicted molar refractivity (Wildman–Crippen MR) is 107 cm³/mol. The average molecular weight is 380 g/mol. The van der Waals surface area contributed by atoms with Crippen LogP contribution in [0.5, 0.6) is 0 Å². The van der Waals surface area contributed by atoms with Crippen LogP contribution in [0.1, 0.15) is 18.9 Å². The van der Waals surface area contributed by atoms with Gasteiger partial charge in [0.1, 0.15) is 5.01 Å². The Bertz CT molecular complexity index is 994. The van der Waals surface area contributed by atoms with Crippen molar-refractivity contribution in [2.45, 2.75) is 20.3 Å². The quantitative estimate of drug-likeness (QED) is 0.637. The number of fused-ring (bicyclic) bond motifs is 1. The first-order valence-electron chi connectivity index (χ1n) is 9.00. The molecule has 0 saturated carbocycles. The van der Waals surface area contributed by atoms with E-state index in [0.717, 1.165) is 32.0 Å². The summed E-state index contributed by atoms with van der Waals surface area (Å²) >= 11 is 1.63. The van der Waals surface area contributed by atoms with Crippen molar-refractivity contribution in [3.05, 3.63) is 48.0 Å². The van der Waals surface area contributed by atoms with E-state index in [1.807, 2.05) is 43.3 Å². The molecule has 1 aromatic heterocycles. The van der Waals surface area contributed by atoms with Gasteiger partial charge in [0.2, 0.25) is 5.91 Å². The van der Waals surface area contributed by atoms with Gasteiger partial charge in [0.05, 0.1) is 22.7 Å². The normalized spacial score (nSPS) is 16.9. The molecule has 1 aliphatic heterocycles. The van der Waals surface area contributed by atoms with Crippen LogP contribution in [-0.4, -0.2) is 30.0 Å². The second-order valence-electron chi connectivity index (χ2n) is 6.65. The molecule has 1 amide bonds. The Labute approximate surface area is 161 Å². The van der Waals surface area contributed by atoms with Crippen LogP contribution in [0.2, 0.25) is 0 Å². The molecule has 1 atom stereocenters. The fourth-order valence-electron chi connectivity index (χ4n) is 3.39. The van der Waals surface area contributed by atoms with Gasteiger partial charge in [-0.05, 0) is 37.6 Å². The topological polar surface area (TPSA) is 59.5 Å². The van der Waals surface area contributed by atoms with Crippen LogP contribution in [0.15, 0.2) is 42.5 Å². The molecule has 1 fully saturated rings. The maximum absolute atomic E-state index is 12.5. The number of anilines is 1. The minimum atomic E-state index is -0.400. The lowest BCUT2D eigenvalue weighted by molar-refractivity contribution is -0.147. The Hall–Kier alpha value is -2.73. The molecule has 2 heterocycles. The summed E-state index contributed by atoms with van der Waals surface area (Å²) in [5.41, 5.74) is 3.78. The number of hydrogen-bond donors (Lipinski definition) is 0. The van der Waals surface area contributed by atoms with Gasteiger partial charge >= 0.3 is 5.97 Å². The molecule has 1 aliphatic rings. The molecule has 5 nitrogen and oxygen atoms in total. The van der Waals surface area contributed by atoms with Gasteiger partial charge in [0, 0.05) is 24.2 Å². The molecule has 0 bridgehead atoms. The average Bonchev–Trinajstić information content (AvgIpc) is 3.26. The predicted octanol–water partition coefficient (Wildman–Crippen LogP) is 4.19. The van der Waals surface area contributed by atoms with E-state index in [2.05, 4.69) is 6.07 Å². The molecule has 2 aromatic carbocycles. The SMILES string of the molecule is CCOC(=O)[C@H]1CC(=O)N(c2cc(-c3nc4ccccc4s3)ccc2C)C1. The third-order valence-electron chi connectivity index (χ3n) is 4.79. The van der Waals surface area contributed by atoms with Gasteiger partial charge in [0.15, 0.2) is 0 Å². The summed E-state index contributed by atoms with van der Waals surface area (Å²) in [6, 6.07) is 14.1. The summed E-state index contributed by atoms with van der Waals surface area (Å²) in [6.07, 6.45) is 0.198. The molecular weight excluding hydrogens is 360 g/mol. The first-order valence-corrected chi connectivity index (χ1v) is 9.82. The number of para-hydroxylation sites is 1. The molecular formula is C21H20N2O3S. The van der Waals surface area contributed by atoms with E-state index in [4.69, 9.17) is 9.72 Å². The summed E-state index contributed by atoms with van der Waals surface area (Å²) in [4.78, 5) is 31.0. The van der Waals surface area contributed by atoms with Crippen LogP contribution in [-0.2, 0) is 14.3 Å². The number of rotatable bonds is 4. The zero-order valence-electron chi connectivity index (χ0n) is 15.3. The number of carbonyl (C=O) groups excluding carboxylic acids is 2. The molecule has 27 heavy (non-hydrogen) atoms. The van der Waals surface area contributed by atoms with Gasteiger partial charge in [0.25, 0.3) is 0 Å². The van der Waals surface area contributed by atoms with Crippen molar-refractivity contribution in [3.63, 3.8) is 0 Å². The monoisotopic (exact) mass is 380 g/mol. The van der Waals surface area contributed by atoms with E-state index in [0.29, 0.717) is 13.2 Å². The maximum atomic E-state index is 12.5. The van der Waals surface area contributed by atoms with E-state index in [-0.39, 0.29) is 18.3 Å². The lowest BCUT2D eigenvalue weighted by Crippen LogP contribution is -2.27. The minimum absolute atomic E-state index is 0.0439. The molecule has 0 radical (unpaired) electrons. The zero-order chi connectivity index (χ0) is 19.0. The van der Waals surface area contributed by atoms with Crippen LogP contribution < -0.4 is 4.90 Å².